The second kappa shape index (κ2) is 8.75. The highest BCUT2D eigenvalue weighted by Crippen LogP contribution is 2.16. The fourth-order valence-corrected chi connectivity index (χ4v) is 3.40. The lowest BCUT2D eigenvalue weighted by Crippen LogP contribution is -2.29. The first-order valence-electron chi connectivity index (χ1n) is 8.41. The van der Waals surface area contributed by atoms with Crippen LogP contribution in [-0.4, -0.2) is 34.2 Å². The van der Waals surface area contributed by atoms with E-state index in [-0.39, 0.29) is 6.03 Å². The van der Waals surface area contributed by atoms with Gasteiger partial charge in [0.1, 0.15) is 5.51 Å². The van der Waals surface area contributed by atoms with Crippen molar-refractivity contribution in [1.82, 2.24) is 20.4 Å². The van der Waals surface area contributed by atoms with Gasteiger partial charge in [0.2, 0.25) is 5.13 Å². The second-order valence-electron chi connectivity index (χ2n) is 6.01. The molecule has 1 aromatic carbocycles. The number of amides is 2. The van der Waals surface area contributed by atoms with Gasteiger partial charge in [0.05, 0.1) is 0 Å². The molecule has 0 spiro atoms. The van der Waals surface area contributed by atoms with Crippen molar-refractivity contribution < 1.29 is 4.79 Å². The summed E-state index contributed by atoms with van der Waals surface area (Å²) < 4.78 is 0. The number of anilines is 1. The van der Waals surface area contributed by atoms with Crippen molar-refractivity contribution in [2.24, 2.45) is 0 Å². The highest BCUT2D eigenvalue weighted by molar-refractivity contribution is 7.13. The Labute approximate surface area is 146 Å². The zero-order chi connectivity index (χ0) is 16.6. The maximum Gasteiger partial charge on any atom is 0.321 e. The van der Waals surface area contributed by atoms with Gasteiger partial charge in [-0.1, -0.05) is 48.4 Å². The Morgan fingerprint density at radius 1 is 1.12 bits per heavy atom. The Bertz CT molecular complexity index is 638. The molecule has 1 aromatic heterocycles. The molecule has 3 rings (SSSR count). The first kappa shape index (κ1) is 16.9. The maximum atomic E-state index is 11.9. The number of nitrogens with zero attached hydrogens (tertiary/aromatic N) is 3. The summed E-state index contributed by atoms with van der Waals surface area (Å²) in [6.45, 7) is 3.79. The second-order valence-corrected chi connectivity index (χ2v) is 6.84. The minimum Gasteiger partial charge on any atom is -0.334 e. The molecule has 2 amide bonds. The standard InChI is InChI=1S/C17H23N5OS/c23-16(20-17-21-19-13-24-17)18-11-14-7-3-4-8-15(14)12-22-9-5-1-2-6-10-22/h3-4,7-8,13H,1-2,5-6,9-12H2,(H2,18,20,21,23). The maximum absolute atomic E-state index is 11.9. The van der Waals surface area contributed by atoms with E-state index < -0.39 is 0 Å². The molecule has 6 nitrogen and oxygen atoms in total. The van der Waals surface area contributed by atoms with Gasteiger partial charge >= 0.3 is 6.03 Å². The molecule has 1 saturated heterocycles. The Hall–Kier alpha value is -1.99. The molecule has 0 radical (unpaired) electrons. The molecule has 1 fully saturated rings. The predicted octanol–water partition coefficient (Wildman–Crippen LogP) is 3.24. The number of benzene rings is 1. The molecule has 2 N–H and O–H groups in total. The molecule has 2 aromatic rings. The minimum atomic E-state index is -0.253. The van der Waals surface area contributed by atoms with Crippen molar-refractivity contribution in [2.75, 3.05) is 18.4 Å². The van der Waals surface area contributed by atoms with Crippen molar-refractivity contribution in [2.45, 2.75) is 38.8 Å². The number of rotatable bonds is 5. The van der Waals surface area contributed by atoms with Gasteiger partial charge in [-0.3, -0.25) is 10.2 Å². The van der Waals surface area contributed by atoms with E-state index in [1.807, 2.05) is 6.07 Å². The summed E-state index contributed by atoms with van der Waals surface area (Å²) in [6.07, 6.45) is 5.24. The van der Waals surface area contributed by atoms with Gasteiger partial charge in [-0.05, 0) is 37.1 Å². The van der Waals surface area contributed by atoms with Gasteiger partial charge in [0.25, 0.3) is 0 Å². The highest BCUT2D eigenvalue weighted by atomic mass is 32.1. The van der Waals surface area contributed by atoms with E-state index in [0.29, 0.717) is 11.7 Å². The van der Waals surface area contributed by atoms with Gasteiger partial charge < -0.3 is 5.32 Å². The van der Waals surface area contributed by atoms with Crippen LogP contribution in [0.4, 0.5) is 9.93 Å². The van der Waals surface area contributed by atoms with Gasteiger partial charge in [0.15, 0.2) is 0 Å². The molecule has 0 unspecified atom stereocenters. The molecule has 1 aliphatic heterocycles. The lowest BCUT2D eigenvalue weighted by atomic mass is 10.1. The summed E-state index contributed by atoms with van der Waals surface area (Å²) in [7, 11) is 0. The zero-order valence-electron chi connectivity index (χ0n) is 13.7. The van der Waals surface area contributed by atoms with Crippen LogP contribution < -0.4 is 10.6 Å². The van der Waals surface area contributed by atoms with E-state index in [0.717, 1.165) is 12.1 Å². The third kappa shape index (κ3) is 5.01. The van der Waals surface area contributed by atoms with Gasteiger partial charge in [-0.15, -0.1) is 10.2 Å². The van der Waals surface area contributed by atoms with Crippen molar-refractivity contribution in [3.8, 4) is 0 Å². The number of carbonyl (C=O) groups is 1. The fourth-order valence-electron chi connectivity index (χ4n) is 2.96. The summed E-state index contributed by atoms with van der Waals surface area (Å²) in [5.74, 6) is 0. The normalized spacial score (nSPS) is 15.7. The smallest absolute Gasteiger partial charge is 0.321 e. The molecule has 0 aliphatic carbocycles. The summed E-state index contributed by atoms with van der Waals surface area (Å²) in [6, 6.07) is 8.07. The Balaban J connectivity index is 1.56. The Morgan fingerprint density at radius 2 is 1.88 bits per heavy atom. The van der Waals surface area contributed by atoms with Crippen LogP contribution in [0.2, 0.25) is 0 Å². The van der Waals surface area contributed by atoms with Crippen molar-refractivity contribution >= 4 is 22.5 Å². The summed E-state index contributed by atoms with van der Waals surface area (Å²) in [4.78, 5) is 14.5. The average molecular weight is 345 g/mol. The molecule has 128 valence electrons. The van der Waals surface area contributed by atoms with E-state index >= 15 is 0 Å². The Morgan fingerprint density at radius 3 is 2.58 bits per heavy atom. The number of nitrogens with one attached hydrogen (secondary N) is 2. The van der Waals surface area contributed by atoms with Crippen LogP contribution >= 0.6 is 11.3 Å². The third-order valence-corrected chi connectivity index (χ3v) is 4.84. The van der Waals surface area contributed by atoms with Crippen molar-refractivity contribution in [1.29, 1.82) is 0 Å². The largest absolute Gasteiger partial charge is 0.334 e. The SMILES string of the molecule is O=C(NCc1ccccc1CN1CCCCCC1)Nc1nncs1. The summed E-state index contributed by atoms with van der Waals surface area (Å²) in [5.41, 5.74) is 4.04. The number of likely N-dealkylation sites (tertiary alicyclic amines) is 1. The Kier molecular flexibility index (Phi) is 6.14. The molecule has 0 atom stereocenters. The zero-order valence-corrected chi connectivity index (χ0v) is 14.5. The topological polar surface area (TPSA) is 70.2 Å². The number of hydrogen-bond donors (Lipinski definition) is 2. The average Bonchev–Trinajstić information content (AvgIpc) is 2.96. The van der Waals surface area contributed by atoms with Crippen LogP contribution in [0.3, 0.4) is 0 Å². The number of carbonyl (C=O) groups excluding carboxylic acids is 1. The van der Waals surface area contributed by atoms with Crippen LogP contribution in [0.25, 0.3) is 0 Å². The van der Waals surface area contributed by atoms with Crippen LogP contribution in [0.5, 0.6) is 0 Å². The van der Waals surface area contributed by atoms with E-state index in [1.165, 1.54) is 55.7 Å². The molecule has 0 saturated carbocycles. The fraction of sp³-hybridized carbons (Fsp3) is 0.471. The number of hydrogen-bond acceptors (Lipinski definition) is 5. The number of aromatic nitrogens is 2. The quantitative estimate of drug-likeness (QED) is 0.873. The van der Waals surface area contributed by atoms with Crippen LogP contribution in [-0.2, 0) is 13.1 Å². The van der Waals surface area contributed by atoms with Crippen LogP contribution in [0.1, 0.15) is 36.8 Å². The molecule has 2 heterocycles. The van der Waals surface area contributed by atoms with Crippen LogP contribution in [0.15, 0.2) is 29.8 Å². The van der Waals surface area contributed by atoms with E-state index in [1.54, 1.807) is 5.51 Å². The van der Waals surface area contributed by atoms with E-state index in [4.69, 9.17) is 0 Å². The summed E-state index contributed by atoms with van der Waals surface area (Å²) >= 11 is 1.30. The first-order chi connectivity index (χ1) is 11.8. The van der Waals surface area contributed by atoms with Gasteiger partial charge in [-0.2, -0.15) is 0 Å². The van der Waals surface area contributed by atoms with Crippen LogP contribution in [0, 0.1) is 0 Å². The van der Waals surface area contributed by atoms with E-state index in [2.05, 4.69) is 43.9 Å². The monoisotopic (exact) mass is 345 g/mol. The first-order valence-corrected chi connectivity index (χ1v) is 9.29. The minimum absolute atomic E-state index is 0.253. The third-order valence-electron chi connectivity index (χ3n) is 4.23. The van der Waals surface area contributed by atoms with Crippen molar-refractivity contribution in [3.05, 3.63) is 40.9 Å². The van der Waals surface area contributed by atoms with Gasteiger partial charge in [-0.25, -0.2) is 4.79 Å². The highest BCUT2D eigenvalue weighted by Gasteiger charge is 2.12. The van der Waals surface area contributed by atoms with Gasteiger partial charge in [0, 0.05) is 13.1 Å². The van der Waals surface area contributed by atoms with E-state index in [9.17, 15) is 4.79 Å². The predicted molar refractivity (Wildman–Crippen MR) is 96.0 cm³/mol. The lowest BCUT2D eigenvalue weighted by Gasteiger charge is -2.21. The summed E-state index contributed by atoms with van der Waals surface area (Å²) in [5, 5.41) is 13.6. The molecule has 24 heavy (non-hydrogen) atoms. The molecule has 7 heteroatoms. The van der Waals surface area contributed by atoms with Crippen molar-refractivity contribution in [3.63, 3.8) is 0 Å². The molecular weight excluding hydrogens is 322 g/mol. The molecule has 0 bridgehead atoms. The molecule has 1 aliphatic rings. The number of urea groups is 1. The molecular formula is C17H23N5OS. The lowest BCUT2D eigenvalue weighted by molar-refractivity contribution is 0.251.